The summed E-state index contributed by atoms with van der Waals surface area (Å²) in [6.07, 6.45) is -0.418. The van der Waals surface area contributed by atoms with E-state index in [4.69, 9.17) is 9.94 Å². The summed E-state index contributed by atoms with van der Waals surface area (Å²) in [5.74, 6) is 0.344. The maximum atomic E-state index is 10.2. The molecule has 0 spiro atoms. The highest BCUT2D eigenvalue weighted by atomic mass is 16.7. The Morgan fingerprint density at radius 2 is 2.09 bits per heavy atom. The normalized spacial score (nSPS) is 13.2. The molecule has 0 aromatic rings. The lowest BCUT2D eigenvalue weighted by Gasteiger charge is -2.20. The number of hydrogen-bond acceptors (Lipinski definition) is 3. The van der Waals surface area contributed by atoms with Gasteiger partial charge in [-0.1, -0.05) is 13.8 Å². The van der Waals surface area contributed by atoms with Crippen molar-refractivity contribution in [3.8, 4) is 0 Å². The Balaban J connectivity index is 3.61. The fraction of sp³-hybridized carbons (Fsp3) is 0.857. The van der Waals surface area contributed by atoms with Crippen molar-refractivity contribution in [2.45, 2.75) is 27.0 Å². The number of nitrogens with zero attached hydrogens (tertiary/aromatic N) is 1. The molecule has 0 aromatic carbocycles. The van der Waals surface area contributed by atoms with E-state index < -0.39 is 6.23 Å². The number of carbonyl (C=O) groups excluding carboxylic acids is 1. The Kier molecular flexibility index (Phi) is 4.81. The molecule has 1 amide bonds. The highest BCUT2D eigenvalue weighted by Crippen LogP contribution is 1.97. The van der Waals surface area contributed by atoms with E-state index >= 15 is 0 Å². The maximum Gasteiger partial charge on any atom is 0.235 e. The van der Waals surface area contributed by atoms with Crippen LogP contribution < -0.4 is 0 Å². The van der Waals surface area contributed by atoms with E-state index in [0.717, 1.165) is 5.06 Å². The average Bonchev–Trinajstić information content (AvgIpc) is 1.87. The van der Waals surface area contributed by atoms with Crippen LogP contribution in [0.4, 0.5) is 0 Å². The molecule has 0 aliphatic rings. The highest BCUT2D eigenvalue weighted by molar-refractivity contribution is 5.45. The second kappa shape index (κ2) is 5.09. The van der Waals surface area contributed by atoms with Gasteiger partial charge in [0.05, 0.1) is 6.61 Å². The molecule has 1 N–H and O–H groups in total. The molecule has 0 aliphatic heterocycles. The van der Waals surface area contributed by atoms with Crippen molar-refractivity contribution >= 4 is 6.41 Å². The van der Waals surface area contributed by atoms with Crippen LogP contribution in [-0.4, -0.2) is 29.4 Å². The van der Waals surface area contributed by atoms with Crippen LogP contribution in [0.2, 0.25) is 0 Å². The SMILES string of the molecule is CC(C)CON(C=O)C(C)O. The standard InChI is InChI=1S/C7H15NO3/c1-6(2)4-11-8(5-9)7(3)10/h5-7,10H,4H2,1-3H3. The van der Waals surface area contributed by atoms with Gasteiger partial charge in [-0.2, -0.15) is 5.06 Å². The van der Waals surface area contributed by atoms with Crippen LogP contribution in [0.25, 0.3) is 0 Å². The van der Waals surface area contributed by atoms with Gasteiger partial charge >= 0.3 is 0 Å². The Bertz CT molecular complexity index is 114. The molecule has 1 atom stereocenters. The van der Waals surface area contributed by atoms with Crippen LogP contribution in [0.1, 0.15) is 20.8 Å². The zero-order valence-electron chi connectivity index (χ0n) is 7.15. The first-order chi connectivity index (χ1) is 5.07. The Labute approximate surface area is 66.7 Å². The van der Waals surface area contributed by atoms with Crippen molar-refractivity contribution < 1.29 is 14.7 Å². The lowest BCUT2D eigenvalue weighted by Crippen LogP contribution is -2.32. The quantitative estimate of drug-likeness (QED) is 0.360. The first-order valence-corrected chi connectivity index (χ1v) is 3.62. The monoisotopic (exact) mass is 161 g/mol. The summed E-state index contributed by atoms with van der Waals surface area (Å²) in [5, 5.41) is 9.78. The molecule has 0 fully saturated rings. The molecule has 4 nitrogen and oxygen atoms in total. The molecule has 66 valence electrons. The molecule has 0 saturated heterocycles. The zero-order chi connectivity index (χ0) is 8.85. The predicted octanol–water partition coefficient (Wildman–Crippen LogP) is 0.371. The van der Waals surface area contributed by atoms with E-state index in [-0.39, 0.29) is 0 Å². The van der Waals surface area contributed by atoms with Crippen LogP contribution in [0, 0.1) is 5.92 Å². The summed E-state index contributed by atoms with van der Waals surface area (Å²) < 4.78 is 0. The van der Waals surface area contributed by atoms with E-state index in [9.17, 15) is 4.79 Å². The van der Waals surface area contributed by atoms with E-state index in [2.05, 4.69) is 0 Å². The summed E-state index contributed by atoms with van der Waals surface area (Å²) in [6, 6.07) is 0. The molecule has 0 heterocycles. The third-order valence-corrected chi connectivity index (χ3v) is 1.03. The van der Waals surface area contributed by atoms with Crippen molar-refractivity contribution in [3.05, 3.63) is 0 Å². The number of aliphatic hydroxyl groups is 1. The number of hydrogen-bond donors (Lipinski definition) is 1. The van der Waals surface area contributed by atoms with Gasteiger partial charge in [-0.05, 0) is 12.8 Å². The topological polar surface area (TPSA) is 49.8 Å². The fourth-order valence-electron chi connectivity index (χ4n) is 0.462. The summed E-state index contributed by atoms with van der Waals surface area (Å²) in [4.78, 5) is 15.1. The number of rotatable bonds is 5. The molecule has 0 aliphatic carbocycles. The van der Waals surface area contributed by atoms with Crippen LogP contribution in [0.5, 0.6) is 0 Å². The minimum absolute atomic E-state index is 0.344. The molecule has 11 heavy (non-hydrogen) atoms. The van der Waals surface area contributed by atoms with Gasteiger partial charge < -0.3 is 5.11 Å². The first kappa shape index (κ1) is 10.4. The van der Waals surface area contributed by atoms with Crippen molar-refractivity contribution in [3.63, 3.8) is 0 Å². The van der Waals surface area contributed by atoms with Crippen LogP contribution in [0.15, 0.2) is 0 Å². The second-order valence-corrected chi connectivity index (χ2v) is 2.79. The van der Waals surface area contributed by atoms with Crippen molar-refractivity contribution in [1.82, 2.24) is 5.06 Å². The van der Waals surface area contributed by atoms with Gasteiger partial charge in [0.15, 0.2) is 6.23 Å². The number of hydroxylamine groups is 2. The molecule has 0 radical (unpaired) electrons. The van der Waals surface area contributed by atoms with Gasteiger partial charge in [0, 0.05) is 0 Å². The molecule has 0 saturated carbocycles. The molecular weight excluding hydrogens is 146 g/mol. The molecular formula is C7H15NO3. The minimum atomic E-state index is -0.883. The molecule has 4 heteroatoms. The van der Waals surface area contributed by atoms with Crippen LogP contribution in [-0.2, 0) is 9.63 Å². The van der Waals surface area contributed by atoms with Gasteiger partial charge in [0.25, 0.3) is 0 Å². The van der Waals surface area contributed by atoms with E-state index in [1.165, 1.54) is 6.92 Å². The Morgan fingerprint density at radius 1 is 1.55 bits per heavy atom. The van der Waals surface area contributed by atoms with Crippen LogP contribution >= 0.6 is 0 Å². The van der Waals surface area contributed by atoms with Gasteiger partial charge in [-0.25, -0.2) is 0 Å². The third-order valence-electron chi connectivity index (χ3n) is 1.03. The van der Waals surface area contributed by atoms with Crippen molar-refractivity contribution in [2.24, 2.45) is 5.92 Å². The fourth-order valence-corrected chi connectivity index (χ4v) is 0.462. The van der Waals surface area contributed by atoms with Crippen molar-refractivity contribution in [2.75, 3.05) is 6.61 Å². The van der Waals surface area contributed by atoms with Gasteiger partial charge in [0.1, 0.15) is 0 Å². The Hall–Kier alpha value is -0.610. The molecule has 0 rings (SSSR count). The highest BCUT2D eigenvalue weighted by Gasteiger charge is 2.08. The first-order valence-electron chi connectivity index (χ1n) is 3.62. The zero-order valence-corrected chi connectivity index (χ0v) is 7.15. The second-order valence-electron chi connectivity index (χ2n) is 2.79. The summed E-state index contributed by atoms with van der Waals surface area (Å²) in [7, 11) is 0. The molecule has 0 bridgehead atoms. The molecule has 1 unspecified atom stereocenters. The number of amides is 1. The Morgan fingerprint density at radius 3 is 2.36 bits per heavy atom. The maximum absolute atomic E-state index is 10.2. The summed E-state index contributed by atoms with van der Waals surface area (Å²) in [5.41, 5.74) is 0. The number of carbonyl (C=O) groups is 1. The van der Waals surface area contributed by atoms with Gasteiger partial charge in [-0.15, -0.1) is 0 Å². The smallest absolute Gasteiger partial charge is 0.235 e. The van der Waals surface area contributed by atoms with E-state index in [1.807, 2.05) is 13.8 Å². The van der Waals surface area contributed by atoms with Crippen LogP contribution in [0.3, 0.4) is 0 Å². The van der Waals surface area contributed by atoms with E-state index in [1.54, 1.807) is 0 Å². The van der Waals surface area contributed by atoms with Gasteiger partial charge in [0.2, 0.25) is 6.41 Å². The lowest BCUT2D eigenvalue weighted by atomic mass is 10.2. The predicted molar refractivity (Wildman–Crippen MR) is 40.4 cm³/mol. The van der Waals surface area contributed by atoms with Crippen molar-refractivity contribution in [1.29, 1.82) is 0 Å². The molecule has 0 aromatic heterocycles. The van der Waals surface area contributed by atoms with E-state index in [0.29, 0.717) is 18.9 Å². The average molecular weight is 161 g/mol. The third kappa shape index (κ3) is 4.75. The number of aliphatic hydroxyl groups excluding tert-OH is 1. The summed E-state index contributed by atoms with van der Waals surface area (Å²) in [6.45, 7) is 5.83. The minimum Gasteiger partial charge on any atom is -0.372 e. The lowest BCUT2D eigenvalue weighted by molar-refractivity contribution is -0.221. The van der Waals surface area contributed by atoms with Gasteiger partial charge in [-0.3, -0.25) is 9.63 Å². The summed E-state index contributed by atoms with van der Waals surface area (Å²) >= 11 is 0. The largest absolute Gasteiger partial charge is 0.372 e.